The van der Waals surface area contributed by atoms with E-state index in [9.17, 15) is 0 Å². The van der Waals surface area contributed by atoms with Crippen molar-refractivity contribution in [2.75, 3.05) is 12.3 Å². The van der Waals surface area contributed by atoms with Crippen LogP contribution in [0.4, 0.5) is 5.82 Å². The number of nitrogens with two attached hydrogens (primary N) is 1. The SMILES string of the molecule is Cn1ncc(-c2cccc(Br)c2OCC2CC2)c1N. The summed E-state index contributed by atoms with van der Waals surface area (Å²) in [6.07, 6.45) is 4.32. The second kappa shape index (κ2) is 4.89. The van der Waals surface area contributed by atoms with Gasteiger partial charge < -0.3 is 10.5 Å². The Morgan fingerprint density at radius 1 is 1.42 bits per heavy atom. The molecule has 0 atom stereocenters. The van der Waals surface area contributed by atoms with Crippen molar-refractivity contribution in [1.82, 2.24) is 9.78 Å². The topological polar surface area (TPSA) is 53.1 Å². The Balaban J connectivity index is 1.99. The van der Waals surface area contributed by atoms with Gasteiger partial charge in [0.15, 0.2) is 0 Å². The molecule has 1 fully saturated rings. The predicted octanol–water partition coefficient (Wildman–Crippen LogP) is 3.22. The van der Waals surface area contributed by atoms with Gasteiger partial charge in [0.05, 0.1) is 17.3 Å². The first-order valence-corrected chi connectivity index (χ1v) is 7.15. The van der Waals surface area contributed by atoms with Crippen LogP contribution in [-0.4, -0.2) is 16.4 Å². The first-order chi connectivity index (χ1) is 9.16. The molecule has 100 valence electrons. The number of hydrogen-bond donors (Lipinski definition) is 1. The number of nitrogen functional groups attached to an aromatic ring is 1. The molecule has 0 amide bonds. The van der Waals surface area contributed by atoms with Gasteiger partial charge in [-0.3, -0.25) is 4.68 Å². The Kier molecular flexibility index (Phi) is 3.22. The molecule has 19 heavy (non-hydrogen) atoms. The lowest BCUT2D eigenvalue weighted by atomic mass is 10.1. The molecule has 0 unspecified atom stereocenters. The summed E-state index contributed by atoms with van der Waals surface area (Å²) in [6, 6.07) is 5.98. The maximum atomic E-state index is 6.05. The van der Waals surface area contributed by atoms with Gasteiger partial charge in [0.25, 0.3) is 0 Å². The van der Waals surface area contributed by atoms with Gasteiger partial charge in [-0.25, -0.2) is 0 Å². The second-order valence-electron chi connectivity index (χ2n) is 4.94. The molecular weight excluding hydrogens is 306 g/mol. The Morgan fingerprint density at radius 2 is 2.21 bits per heavy atom. The number of halogens is 1. The molecule has 2 aromatic rings. The Hall–Kier alpha value is -1.49. The number of aryl methyl sites for hydroxylation is 1. The van der Waals surface area contributed by atoms with Crippen LogP contribution in [0.3, 0.4) is 0 Å². The van der Waals surface area contributed by atoms with Crippen molar-refractivity contribution in [2.45, 2.75) is 12.8 Å². The average molecular weight is 322 g/mol. The molecule has 1 aromatic heterocycles. The van der Waals surface area contributed by atoms with E-state index in [0.717, 1.165) is 28.0 Å². The van der Waals surface area contributed by atoms with Crippen molar-refractivity contribution in [3.05, 3.63) is 28.9 Å². The largest absolute Gasteiger partial charge is 0.491 e. The molecule has 1 heterocycles. The molecule has 0 spiro atoms. The van der Waals surface area contributed by atoms with Gasteiger partial charge in [-0.15, -0.1) is 0 Å². The molecule has 1 aromatic carbocycles. The van der Waals surface area contributed by atoms with Crippen LogP contribution in [0.1, 0.15) is 12.8 Å². The molecular formula is C14H16BrN3O. The molecule has 0 aliphatic heterocycles. The highest BCUT2D eigenvalue weighted by Crippen LogP contribution is 2.40. The van der Waals surface area contributed by atoms with E-state index in [0.29, 0.717) is 11.7 Å². The van der Waals surface area contributed by atoms with E-state index in [-0.39, 0.29) is 0 Å². The minimum absolute atomic E-state index is 0.648. The van der Waals surface area contributed by atoms with Crippen LogP contribution in [0.15, 0.2) is 28.9 Å². The van der Waals surface area contributed by atoms with Gasteiger partial charge in [-0.05, 0) is 40.8 Å². The summed E-state index contributed by atoms with van der Waals surface area (Å²) in [5.41, 5.74) is 7.95. The Bertz CT molecular complexity index is 605. The lowest BCUT2D eigenvalue weighted by Crippen LogP contribution is -2.02. The van der Waals surface area contributed by atoms with E-state index >= 15 is 0 Å². The van der Waals surface area contributed by atoms with Gasteiger partial charge in [0.1, 0.15) is 11.6 Å². The van der Waals surface area contributed by atoms with Gasteiger partial charge in [-0.2, -0.15) is 5.10 Å². The van der Waals surface area contributed by atoms with Crippen LogP contribution in [0.5, 0.6) is 5.75 Å². The zero-order chi connectivity index (χ0) is 13.4. The monoisotopic (exact) mass is 321 g/mol. The van der Waals surface area contributed by atoms with Crippen LogP contribution >= 0.6 is 15.9 Å². The molecule has 1 aliphatic rings. The maximum absolute atomic E-state index is 6.05. The number of aromatic nitrogens is 2. The molecule has 3 rings (SSSR count). The molecule has 2 N–H and O–H groups in total. The highest BCUT2D eigenvalue weighted by Gasteiger charge is 2.23. The molecule has 4 nitrogen and oxygen atoms in total. The van der Waals surface area contributed by atoms with Crippen LogP contribution in [0.2, 0.25) is 0 Å². The molecule has 0 bridgehead atoms. The zero-order valence-corrected chi connectivity index (χ0v) is 12.4. The van der Waals surface area contributed by atoms with Crippen molar-refractivity contribution >= 4 is 21.7 Å². The molecule has 0 saturated heterocycles. The predicted molar refractivity (Wildman–Crippen MR) is 79.0 cm³/mol. The van der Waals surface area contributed by atoms with Crippen LogP contribution in [0, 0.1) is 5.92 Å². The fourth-order valence-electron chi connectivity index (χ4n) is 2.01. The summed E-state index contributed by atoms with van der Waals surface area (Å²) >= 11 is 3.55. The van der Waals surface area contributed by atoms with Gasteiger partial charge >= 0.3 is 0 Å². The first kappa shape index (κ1) is 12.5. The third-order valence-corrected chi connectivity index (χ3v) is 4.03. The van der Waals surface area contributed by atoms with Crippen LogP contribution in [-0.2, 0) is 7.05 Å². The lowest BCUT2D eigenvalue weighted by Gasteiger charge is -2.12. The summed E-state index contributed by atoms with van der Waals surface area (Å²) in [5.74, 6) is 2.22. The van der Waals surface area contributed by atoms with Crippen molar-refractivity contribution < 1.29 is 4.74 Å². The van der Waals surface area contributed by atoms with Crippen molar-refractivity contribution in [1.29, 1.82) is 0 Å². The minimum atomic E-state index is 0.648. The summed E-state index contributed by atoms with van der Waals surface area (Å²) in [7, 11) is 1.83. The number of anilines is 1. The van der Waals surface area contributed by atoms with E-state index in [1.807, 2.05) is 25.2 Å². The number of hydrogen-bond acceptors (Lipinski definition) is 3. The van der Waals surface area contributed by atoms with E-state index in [1.54, 1.807) is 10.9 Å². The highest BCUT2D eigenvalue weighted by atomic mass is 79.9. The van der Waals surface area contributed by atoms with Crippen molar-refractivity contribution in [3.63, 3.8) is 0 Å². The molecule has 1 saturated carbocycles. The third-order valence-electron chi connectivity index (χ3n) is 3.40. The van der Waals surface area contributed by atoms with Crippen LogP contribution < -0.4 is 10.5 Å². The van der Waals surface area contributed by atoms with Gasteiger partial charge in [-0.1, -0.05) is 12.1 Å². The maximum Gasteiger partial charge on any atom is 0.141 e. The number of benzene rings is 1. The average Bonchev–Trinajstić information content (AvgIpc) is 3.16. The number of rotatable bonds is 4. The first-order valence-electron chi connectivity index (χ1n) is 6.36. The van der Waals surface area contributed by atoms with E-state index < -0.39 is 0 Å². The summed E-state index contributed by atoms with van der Waals surface area (Å²) < 4.78 is 8.59. The number of nitrogens with zero attached hydrogens (tertiary/aromatic N) is 2. The molecule has 0 radical (unpaired) electrons. The molecule has 1 aliphatic carbocycles. The third kappa shape index (κ3) is 2.47. The van der Waals surface area contributed by atoms with E-state index in [1.165, 1.54) is 12.8 Å². The van der Waals surface area contributed by atoms with Crippen molar-refractivity contribution in [3.8, 4) is 16.9 Å². The van der Waals surface area contributed by atoms with Crippen LogP contribution in [0.25, 0.3) is 11.1 Å². The number of para-hydroxylation sites is 1. The standard InChI is InChI=1S/C14H16BrN3O/c1-18-14(16)11(7-17-18)10-3-2-4-12(15)13(10)19-8-9-5-6-9/h2-4,7,9H,5-6,8,16H2,1H3. The van der Waals surface area contributed by atoms with Gasteiger partial charge in [0, 0.05) is 18.2 Å². The summed E-state index contributed by atoms with van der Waals surface area (Å²) in [6.45, 7) is 0.774. The second-order valence-corrected chi connectivity index (χ2v) is 5.79. The summed E-state index contributed by atoms with van der Waals surface area (Å²) in [5, 5.41) is 4.19. The zero-order valence-electron chi connectivity index (χ0n) is 10.8. The lowest BCUT2D eigenvalue weighted by molar-refractivity contribution is 0.299. The van der Waals surface area contributed by atoms with E-state index in [2.05, 4.69) is 21.0 Å². The minimum Gasteiger partial charge on any atom is -0.491 e. The highest BCUT2D eigenvalue weighted by molar-refractivity contribution is 9.10. The smallest absolute Gasteiger partial charge is 0.141 e. The van der Waals surface area contributed by atoms with E-state index in [4.69, 9.17) is 10.5 Å². The summed E-state index contributed by atoms with van der Waals surface area (Å²) in [4.78, 5) is 0. The normalized spacial score (nSPS) is 14.6. The Morgan fingerprint density at radius 3 is 2.84 bits per heavy atom. The van der Waals surface area contributed by atoms with Gasteiger partial charge in [0.2, 0.25) is 0 Å². The van der Waals surface area contributed by atoms with Crippen molar-refractivity contribution in [2.24, 2.45) is 13.0 Å². The number of ether oxygens (including phenoxy) is 1. The quantitative estimate of drug-likeness (QED) is 0.940. The molecule has 5 heteroatoms. The fourth-order valence-corrected chi connectivity index (χ4v) is 2.49. The fraction of sp³-hybridized carbons (Fsp3) is 0.357. The Labute approximate surface area is 120 Å².